The van der Waals surface area contributed by atoms with E-state index in [-0.39, 0.29) is 0 Å². The number of fused-ring (bicyclic) bond motifs is 1. The average Bonchev–Trinajstić information content (AvgIpc) is 2.48. The summed E-state index contributed by atoms with van der Waals surface area (Å²) in [6.07, 6.45) is 1.83. The summed E-state index contributed by atoms with van der Waals surface area (Å²) in [6, 6.07) is 4.03. The number of anilines is 1. The number of imidazole rings is 1. The molecular formula is C10H10N4. The highest BCUT2D eigenvalue weighted by molar-refractivity contribution is 5.79. The maximum atomic E-state index is 8.43. The Balaban J connectivity index is 2.61. The number of aromatic amines is 1. The van der Waals surface area contributed by atoms with E-state index in [1.54, 1.807) is 0 Å². The van der Waals surface area contributed by atoms with E-state index in [1.807, 2.05) is 32.2 Å². The molecule has 0 bridgehead atoms. The molecule has 0 amide bonds. The van der Waals surface area contributed by atoms with E-state index in [0.29, 0.717) is 5.95 Å². The number of aryl methyl sites for hydroxylation is 2. The van der Waals surface area contributed by atoms with E-state index >= 15 is 0 Å². The molecular weight excluding hydrogens is 176 g/mol. The van der Waals surface area contributed by atoms with Crippen LogP contribution in [0.1, 0.15) is 11.1 Å². The minimum atomic E-state index is 0.493. The first-order chi connectivity index (χ1) is 6.70. The zero-order chi connectivity index (χ0) is 10.1. The molecule has 0 unspecified atom stereocenters. The molecule has 0 radical (unpaired) electrons. The first kappa shape index (κ1) is 8.57. The summed E-state index contributed by atoms with van der Waals surface area (Å²) in [4.78, 5) is 7.24. The molecule has 2 N–H and O–H groups in total. The fourth-order valence-corrected chi connectivity index (χ4v) is 1.38. The predicted molar refractivity (Wildman–Crippen MR) is 54.8 cm³/mol. The van der Waals surface area contributed by atoms with Crippen LogP contribution in [0.25, 0.3) is 11.0 Å². The molecule has 0 aliphatic heterocycles. The summed E-state index contributed by atoms with van der Waals surface area (Å²) in [5.74, 6) is 0.493. The molecule has 1 aromatic carbocycles. The second-order valence-corrected chi connectivity index (χ2v) is 3.28. The molecule has 0 saturated carbocycles. The van der Waals surface area contributed by atoms with Crippen LogP contribution in [0.5, 0.6) is 0 Å². The predicted octanol–water partition coefficient (Wildman–Crippen LogP) is 2.07. The van der Waals surface area contributed by atoms with Gasteiger partial charge in [0.25, 0.3) is 0 Å². The van der Waals surface area contributed by atoms with E-state index in [1.165, 1.54) is 11.1 Å². The summed E-state index contributed by atoms with van der Waals surface area (Å²) in [7, 11) is 0. The van der Waals surface area contributed by atoms with Crippen molar-refractivity contribution in [1.29, 1.82) is 5.26 Å². The summed E-state index contributed by atoms with van der Waals surface area (Å²) >= 11 is 0. The number of nitrogens with one attached hydrogen (secondary N) is 2. The molecule has 0 saturated heterocycles. The van der Waals surface area contributed by atoms with Crippen molar-refractivity contribution in [3.8, 4) is 6.19 Å². The Morgan fingerprint density at radius 2 is 2.07 bits per heavy atom. The van der Waals surface area contributed by atoms with Gasteiger partial charge in [0.15, 0.2) is 6.19 Å². The molecule has 2 aromatic rings. The van der Waals surface area contributed by atoms with E-state index in [4.69, 9.17) is 5.26 Å². The number of rotatable bonds is 1. The number of nitrogens with zero attached hydrogens (tertiary/aromatic N) is 2. The van der Waals surface area contributed by atoms with Crippen molar-refractivity contribution in [2.45, 2.75) is 13.8 Å². The van der Waals surface area contributed by atoms with Gasteiger partial charge in [-0.25, -0.2) is 4.98 Å². The number of hydrogen-bond donors (Lipinski definition) is 2. The Morgan fingerprint density at radius 1 is 1.36 bits per heavy atom. The van der Waals surface area contributed by atoms with Crippen molar-refractivity contribution in [2.75, 3.05) is 5.32 Å². The van der Waals surface area contributed by atoms with Gasteiger partial charge in [-0.15, -0.1) is 0 Å². The highest BCUT2D eigenvalue weighted by Crippen LogP contribution is 2.18. The van der Waals surface area contributed by atoms with Crippen molar-refractivity contribution >= 4 is 17.0 Å². The van der Waals surface area contributed by atoms with E-state index in [0.717, 1.165) is 11.0 Å². The Kier molecular flexibility index (Phi) is 1.86. The third-order valence-electron chi connectivity index (χ3n) is 2.27. The van der Waals surface area contributed by atoms with Gasteiger partial charge >= 0.3 is 0 Å². The molecule has 70 valence electrons. The number of aromatic nitrogens is 2. The molecule has 14 heavy (non-hydrogen) atoms. The van der Waals surface area contributed by atoms with E-state index in [2.05, 4.69) is 15.3 Å². The summed E-state index contributed by atoms with van der Waals surface area (Å²) in [5.41, 5.74) is 4.24. The Hall–Kier alpha value is -2.02. The smallest absolute Gasteiger partial charge is 0.214 e. The molecule has 0 atom stereocenters. The van der Waals surface area contributed by atoms with Crippen LogP contribution in [0.2, 0.25) is 0 Å². The highest BCUT2D eigenvalue weighted by atomic mass is 15.1. The highest BCUT2D eigenvalue weighted by Gasteiger charge is 2.03. The summed E-state index contributed by atoms with van der Waals surface area (Å²) < 4.78 is 0. The second-order valence-electron chi connectivity index (χ2n) is 3.28. The lowest BCUT2D eigenvalue weighted by Crippen LogP contribution is -1.87. The van der Waals surface area contributed by atoms with Gasteiger partial charge in [-0.3, -0.25) is 5.32 Å². The quantitative estimate of drug-likeness (QED) is 0.529. The van der Waals surface area contributed by atoms with Crippen molar-refractivity contribution in [1.82, 2.24) is 9.97 Å². The SMILES string of the molecule is Cc1cc2nc(NC#N)[nH]c2cc1C. The molecule has 0 aliphatic carbocycles. The molecule has 0 fully saturated rings. The number of nitriles is 1. The van der Waals surface area contributed by atoms with Crippen LogP contribution in [0.15, 0.2) is 12.1 Å². The van der Waals surface area contributed by atoms with Gasteiger partial charge in [0, 0.05) is 0 Å². The van der Waals surface area contributed by atoms with Crippen LogP contribution in [-0.4, -0.2) is 9.97 Å². The molecule has 4 nitrogen and oxygen atoms in total. The number of hydrogen-bond acceptors (Lipinski definition) is 3. The Bertz CT molecular complexity index is 480. The summed E-state index contributed by atoms with van der Waals surface area (Å²) in [5, 5.41) is 10.9. The Morgan fingerprint density at radius 3 is 2.79 bits per heavy atom. The Labute approximate surface area is 81.6 Å². The lowest BCUT2D eigenvalue weighted by molar-refractivity contribution is 1.30. The van der Waals surface area contributed by atoms with Crippen LogP contribution < -0.4 is 5.32 Å². The topological polar surface area (TPSA) is 64.5 Å². The van der Waals surface area contributed by atoms with E-state index in [9.17, 15) is 0 Å². The zero-order valence-electron chi connectivity index (χ0n) is 8.05. The lowest BCUT2D eigenvalue weighted by Gasteiger charge is -1.97. The standard InChI is InChI=1S/C10H10N4/c1-6-3-8-9(4-7(6)2)14-10(13-8)12-5-11/h3-4H,1-2H3,(H2,12,13,14). The minimum absolute atomic E-state index is 0.493. The molecule has 0 aliphatic rings. The first-order valence-corrected chi connectivity index (χ1v) is 4.33. The van der Waals surface area contributed by atoms with Crippen LogP contribution in [-0.2, 0) is 0 Å². The first-order valence-electron chi connectivity index (χ1n) is 4.33. The van der Waals surface area contributed by atoms with Gasteiger partial charge in [-0.2, -0.15) is 5.26 Å². The van der Waals surface area contributed by atoms with Crippen LogP contribution >= 0.6 is 0 Å². The average molecular weight is 186 g/mol. The third kappa shape index (κ3) is 1.29. The second kappa shape index (κ2) is 3.04. The van der Waals surface area contributed by atoms with Gasteiger partial charge in [-0.05, 0) is 37.1 Å². The van der Waals surface area contributed by atoms with Gasteiger partial charge < -0.3 is 4.98 Å². The van der Waals surface area contributed by atoms with Crippen molar-refractivity contribution in [2.24, 2.45) is 0 Å². The van der Waals surface area contributed by atoms with Gasteiger partial charge in [0.2, 0.25) is 5.95 Å². The zero-order valence-corrected chi connectivity index (χ0v) is 8.05. The van der Waals surface area contributed by atoms with Gasteiger partial charge in [-0.1, -0.05) is 0 Å². The van der Waals surface area contributed by atoms with Gasteiger partial charge in [0.1, 0.15) is 0 Å². The normalized spacial score (nSPS) is 10.1. The number of H-pyrrole nitrogens is 1. The van der Waals surface area contributed by atoms with Crippen LogP contribution in [0, 0.1) is 25.3 Å². The van der Waals surface area contributed by atoms with Gasteiger partial charge in [0.05, 0.1) is 11.0 Å². The largest absolute Gasteiger partial charge is 0.323 e. The van der Waals surface area contributed by atoms with Crippen LogP contribution in [0.3, 0.4) is 0 Å². The molecule has 0 spiro atoms. The fraction of sp³-hybridized carbons (Fsp3) is 0.200. The van der Waals surface area contributed by atoms with E-state index < -0.39 is 0 Å². The molecule has 1 heterocycles. The maximum absolute atomic E-state index is 8.43. The third-order valence-corrected chi connectivity index (χ3v) is 2.27. The van der Waals surface area contributed by atoms with Crippen molar-refractivity contribution in [3.05, 3.63) is 23.3 Å². The minimum Gasteiger partial charge on any atom is -0.323 e. The van der Waals surface area contributed by atoms with Crippen LogP contribution in [0.4, 0.5) is 5.95 Å². The number of benzene rings is 1. The van der Waals surface area contributed by atoms with Crippen molar-refractivity contribution < 1.29 is 0 Å². The molecule has 2 rings (SSSR count). The van der Waals surface area contributed by atoms with Crippen molar-refractivity contribution in [3.63, 3.8) is 0 Å². The maximum Gasteiger partial charge on any atom is 0.214 e. The molecule has 1 aromatic heterocycles. The summed E-state index contributed by atoms with van der Waals surface area (Å²) in [6.45, 7) is 4.09. The fourth-order valence-electron chi connectivity index (χ4n) is 1.38. The molecule has 4 heteroatoms. The lowest BCUT2D eigenvalue weighted by atomic mass is 10.1. The monoisotopic (exact) mass is 186 g/mol.